The predicted molar refractivity (Wildman–Crippen MR) is 61.3 cm³/mol. The van der Waals surface area contributed by atoms with Gasteiger partial charge in [0.05, 0.1) is 10.6 Å². The third kappa shape index (κ3) is 2.01. The van der Waals surface area contributed by atoms with Crippen molar-refractivity contribution in [3.05, 3.63) is 57.7 Å². The third-order valence-electron chi connectivity index (χ3n) is 2.11. The van der Waals surface area contributed by atoms with Gasteiger partial charge in [-0.3, -0.25) is 10.1 Å². The number of aromatic nitrogens is 1. The van der Waals surface area contributed by atoms with Gasteiger partial charge in [-0.1, -0.05) is 29.8 Å². The maximum Gasteiger partial charge on any atom is 0.287 e. The lowest BCUT2D eigenvalue weighted by molar-refractivity contribution is -0.385. The molecule has 4 nitrogen and oxygen atoms in total. The first-order valence-electron chi connectivity index (χ1n) is 4.54. The maximum atomic E-state index is 10.5. The second-order valence-electron chi connectivity index (χ2n) is 3.14. The Morgan fingerprint density at radius 2 is 1.94 bits per heavy atom. The Labute approximate surface area is 96.7 Å². The molecule has 0 unspecified atom stereocenters. The Morgan fingerprint density at radius 1 is 1.19 bits per heavy atom. The lowest BCUT2D eigenvalue weighted by Gasteiger charge is -2.02. The van der Waals surface area contributed by atoms with Crippen LogP contribution in [0.5, 0.6) is 0 Å². The molecule has 1 aromatic heterocycles. The Balaban J connectivity index is 2.43. The molecule has 1 heterocycles. The molecule has 1 aromatic carbocycles. The van der Waals surface area contributed by atoms with Crippen molar-refractivity contribution in [1.82, 2.24) is 4.98 Å². The number of nitro groups is 1. The largest absolute Gasteiger partial charge is 0.287 e. The molecule has 2 rings (SSSR count). The number of rotatable bonds is 2. The predicted octanol–water partition coefficient (Wildman–Crippen LogP) is 3.31. The van der Waals surface area contributed by atoms with Gasteiger partial charge in [-0.05, 0) is 12.1 Å². The van der Waals surface area contributed by atoms with Crippen LogP contribution >= 0.6 is 11.6 Å². The maximum absolute atomic E-state index is 10.5. The van der Waals surface area contributed by atoms with E-state index >= 15 is 0 Å². The fourth-order valence-corrected chi connectivity index (χ4v) is 1.55. The number of nitrogens with zero attached hydrogens (tertiary/aromatic N) is 2. The molecule has 0 N–H and O–H groups in total. The van der Waals surface area contributed by atoms with Gasteiger partial charge in [-0.15, -0.1) is 0 Å². The van der Waals surface area contributed by atoms with Crippen molar-refractivity contribution in [2.75, 3.05) is 0 Å². The van der Waals surface area contributed by atoms with Gasteiger partial charge in [-0.25, -0.2) is 4.98 Å². The quantitative estimate of drug-likeness (QED) is 0.592. The van der Waals surface area contributed by atoms with Gasteiger partial charge < -0.3 is 0 Å². The van der Waals surface area contributed by atoms with E-state index in [1.807, 2.05) is 18.2 Å². The molecule has 0 aliphatic rings. The molecule has 0 amide bonds. The van der Waals surface area contributed by atoms with Gasteiger partial charge in [0.2, 0.25) is 0 Å². The summed E-state index contributed by atoms with van der Waals surface area (Å²) in [5.41, 5.74) is 1.35. The number of hydrogen-bond acceptors (Lipinski definition) is 3. The van der Waals surface area contributed by atoms with Gasteiger partial charge in [0, 0.05) is 16.7 Å². The minimum atomic E-state index is -0.483. The summed E-state index contributed by atoms with van der Waals surface area (Å²) in [5.74, 6) is 0. The van der Waals surface area contributed by atoms with Crippen LogP contribution in [0.2, 0.25) is 5.02 Å². The minimum absolute atomic E-state index is 0.0317. The van der Waals surface area contributed by atoms with E-state index in [-0.39, 0.29) is 5.69 Å². The van der Waals surface area contributed by atoms with Crippen LogP contribution in [0.15, 0.2) is 42.6 Å². The summed E-state index contributed by atoms with van der Waals surface area (Å²) < 4.78 is 0. The van der Waals surface area contributed by atoms with Crippen LogP contribution in [-0.4, -0.2) is 9.91 Å². The normalized spacial score (nSPS) is 10.1. The van der Waals surface area contributed by atoms with Gasteiger partial charge in [-0.2, -0.15) is 0 Å². The lowest BCUT2D eigenvalue weighted by atomic mass is 10.1. The van der Waals surface area contributed by atoms with Crippen molar-refractivity contribution in [2.45, 2.75) is 0 Å². The van der Waals surface area contributed by atoms with Crippen molar-refractivity contribution >= 4 is 17.3 Å². The molecule has 2 aromatic rings. The number of hydrogen-bond donors (Lipinski definition) is 0. The molecular weight excluding hydrogens is 228 g/mol. The van der Waals surface area contributed by atoms with Gasteiger partial charge in [0.15, 0.2) is 0 Å². The zero-order chi connectivity index (χ0) is 11.5. The van der Waals surface area contributed by atoms with E-state index in [0.29, 0.717) is 10.7 Å². The fraction of sp³-hybridized carbons (Fsp3) is 0. The van der Waals surface area contributed by atoms with Crippen molar-refractivity contribution in [3.8, 4) is 11.3 Å². The van der Waals surface area contributed by atoms with E-state index in [4.69, 9.17) is 11.6 Å². The van der Waals surface area contributed by atoms with Crippen molar-refractivity contribution in [1.29, 1.82) is 0 Å². The highest BCUT2D eigenvalue weighted by atomic mass is 35.5. The third-order valence-corrected chi connectivity index (χ3v) is 2.44. The number of pyridine rings is 1. The van der Waals surface area contributed by atoms with Crippen LogP contribution in [0, 0.1) is 10.1 Å². The minimum Gasteiger partial charge on any atom is -0.258 e. The summed E-state index contributed by atoms with van der Waals surface area (Å²) in [6.07, 6.45) is 1.22. The summed E-state index contributed by atoms with van der Waals surface area (Å²) in [5, 5.41) is 11.0. The Kier molecular flexibility index (Phi) is 2.83. The van der Waals surface area contributed by atoms with E-state index in [1.165, 1.54) is 12.3 Å². The fourth-order valence-electron chi connectivity index (χ4n) is 1.32. The SMILES string of the molecule is O=[N+]([O-])c1ccc(-c2ccccc2Cl)nc1. The van der Waals surface area contributed by atoms with E-state index < -0.39 is 4.92 Å². The number of halogens is 1. The van der Waals surface area contributed by atoms with Crippen molar-refractivity contribution in [3.63, 3.8) is 0 Å². The summed E-state index contributed by atoms with van der Waals surface area (Å²) in [4.78, 5) is 14.0. The molecular formula is C11H7ClN2O2. The standard InChI is InChI=1S/C11H7ClN2O2/c12-10-4-2-1-3-9(10)11-6-5-8(7-13-11)14(15)16/h1-7H. The van der Waals surface area contributed by atoms with Crippen LogP contribution < -0.4 is 0 Å². The Morgan fingerprint density at radius 3 is 2.50 bits per heavy atom. The highest BCUT2D eigenvalue weighted by Gasteiger charge is 2.08. The molecule has 0 spiro atoms. The molecule has 16 heavy (non-hydrogen) atoms. The second kappa shape index (κ2) is 4.28. The summed E-state index contributed by atoms with van der Waals surface area (Å²) in [6, 6.07) is 10.2. The van der Waals surface area contributed by atoms with E-state index in [2.05, 4.69) is 4.98 Å². The molecule has 0 saturated carbocycles. The van der Waals surface area contributed by atoms with Crippen LogP contribution in [-0.2, 0) is 0 Å². The summed E-state index contributed by atoms with van der Waals surface area (Å²) in [6.45, 7) is 0. The van der Waals surface area contributed by atoms with Gasteiger partial charge >= 0.3 is 0 Å². The molecule has 0 radical (unpaired) electrons. The highest BCUT2D eigenvalue weighted by Crippen LogP contribution is 2.26. The average Bonchev–Trinajstić information content (AvgIpc) is 2.30. The van der Waals surface area contributed by atoms with Crippen LogP contribution in [0.25, 0.3) is 11.3 Å². The lowest BCUT2D eigenvalue weighted by Crippen LogP contribution is -1.90. The number of benzene rings is 1. The first-order chi connectivity index (χ1) is 7.68. The molecule has 5 heteroatoms. The first-order valence-corrected chi connectivity index (χ1v) is 4.91. The topological polar surface area (TPSA) is 56.0 Å². The molecule has 0 atom stereocenters. The van der Waals surface area contributed by atoms with Crippen LogP contribution in [0.1, 0.15) is 0 Å². The second-order valence-corrected chi connectivity index (χ2v) is 3.55. The van der Waals surface area contributed by atoms with E-state index in [9.17, 15) is 10.1 Å². The molecule has 0 aliphatic carbocycles. The first kappa shape index (κ1) is 10.6. The highest BCUT2D eigenvalue weighted by molar-refractivity contribution is 6.33. The van der Waals surface area contributed by atoms with E-state index in [1.54, 1.807) is 12.1 Å². The van der Waals surface area contributed by atoms with Gasteiger partial charge in [0.25, 0.3) is 5.69 Å². The smallest absolute Gasteiger partial charge is 0.258 e. The summed E-state index contributed by atoms with van der Waals surface area (Å²) >= 11 is 5.99. The molecule has 0 saturated heterocycles. The van der Waals surface area contributed by atoms with E-state index in [0.717, 1.165) is 5.56 Å². The molecule has 0 aliphatic heterocycles. The molecule has 80 valence electrons. The van der Waals surface area contributed by atoms with Crippen molar-refractivity contribution < 1.29 is 4.92 Å². The van der Waals surface area contributed by atoms with Crippen LogP contribution in [0.3, 0.4) is 0 Å². The monoisotopic (exact) mass is 234 g/mol. The molecule has 0 bridgehead atoms. The van der Waals surface area contributed by atoms with Crippen molar-refractivity contribution in [2.24, 2.45) is 0 Å². The zero-order valence-corrected chi connectivity index (χ0v) is 8.89. The van der Waals surface area contributed by atoms with Gasteiger partial charge in [0.1, 0.15) is 6.20 Å². The Hall–Kier alpha value is -1.94. The average molecular weight is 235 g/mol. The molecule has 0 fully saturated rings. The zero-order valence-electron chi connectivity index (χ0n) is 8.13. The Bertz CT molecular complexity index is 526. The summed E-state index contributed by atoms with van der Waals surface area (Å²) in [7, 11) is 0. The van der Waals surface area contributed by atoms with Crippen LogP contribution in [0.4, 0.5) is 5.69 Å².